The normalized spacial score (nSPS) is 14.8. The first-order valence-electron chi connectivity index (χ1n) is 9.95. The number of hydrogen-bond acceptors (Lipinski definition) is 5. The fraction of sp³-hybridized carbons (Fsp3) is 0.391. The molecule has 3 rings (SSSR count). The molecule has 168 valence electrons. The molecule has 1 aliphatic rings. The molecule has 1 unspecified atom stereocenters. The number of aryl methyl sites for hydroxylation is 1. The number of nitrogens with zero attached hydrogens (tertiary/aromatic N) is 1. The molecule has 0 aliphatic carbocycles. The molecule has 1 fully saturated rings. The van der Waals surface area contributed by atoms with E-state index in [1.54, 1.807) is 21.3 Å². The molecular weight excluding hydrogens is 400 g/mol. The number of likely N-dealkylation sites (tertiary alicyclic amines) is 1. The van der Waals surface area contributed by atoms with Gasteiger partial charge in [0.05, 0.1) is 27.0 Å². The van der Waals surface area contributed by atoms with Crippen LogP contribution in [-0.4, -0.2) is 56.9 Å². The number of urea groups is 1. The van der Waals surface area contributed by atoms with Gasteiger partial charge in [-0.15, -0.1) is 0 Å². The molecule has 1 heterocycles. The zero-order chi connectivity index (χ0) is 22.8. The molecule has 0 radical (unpaired) electrons. The number of methoxy groups -OCH3 is 3. The van der Waals surface area contributed by atoms with Crippen LogP contribution in [0.5, 0.6) is 17.2 Å². The first-order valence-corrected chi connectivity index (χ1v) is 9.95. The minimum absolute atomic E-state index is 0.0845. The van der Waals surface area contributed by atoms with Gasteiger partial charge in [-0.2, -0.15) is 0 Å². The number of anilines is 1. The van der Waals surface area contributed by atoms with E-state index in [2.05, 4.69) is 11.4 Å². The zero-order valence-corrected chi connectivity index (χ0v) is 18.4. The quantitative estimate of drug-likeness (QED) is 0.677. The SMILES string of the molecule is COc1ccc(C)cc1NC(=O)N1CCC(Cc2ccc(OC)c(OC)c2)C1.O=CO. The molecule has 2 amide bonds. The van der Waals surface area contributed by atoms with Gasteiger partial charge in [-0.1, -0.05) is 12.1 Å². The highest BCUT2D eigenvalue weighted by Gasteiger charge is 2.27. The summed E-state index contributed by atoms with van der Waals surface area (Å²) in [6.07, 6.45) is 1.88. The Kier molecular flexibility index (Phi) is 8.99. The fourth-order valence-corrected chi connectivity index (χ4v) is 3.64. The number of ether oxygens (including phenoxy) is 3. The highest BCUT2D eigenvalue weighted by molar-refractivity contribution is 5.91. The van der Waals surface area contributed by atoms with Crippen LogP contribution in [0.4, 0.5) is 10.5 Å². The number of benzene rings is 2. The summed E-state index contributed by atoms with van der Waals surface area (Å²) in [7, 11) is 4.88. The number of amides is 2. The second-order valence-electron chi connectivity index (χ2n) is 7.23. The molecule has 2 aromatic rings. The molecule has 8 heteroatoms. The summed E-state index contributed by atoms with van der Waals surface area (Å²) >= 11 is 0. The first-order chi connectivity index (χ1) is 14.9. The number of carbonyl (C=O) groups is 2. The molecule has 2 aromatic carbocycles. The molecule has 2 N–H and O–H groups in total. The van der Waals surface area contributed by atoms with Crippen molar-refractivity contribution < 1.29 is 28.9 Å². The van der Waals surface area contributed by atoms with Crippen LogP contribution in [0.15, 0.2) is 36.4 Å². The molecule has 1 saturated heterocycles. The third-order valence-corrected chi connectivity index (χ3v) is 5.14. The maximum Gasteiger partial charge on any atom is 0.321 e. The zero-order valence-electron chi connectivity index (χ0n) is 18.4. The van der Waals surface area contributed by atoms with Crippen LogP contribution in [-0.2, 0) is 11.2 Å². The third kappa shape index (κ3) is 6.53. The van der Waals surface area contributed by atoms with Gasteiger partial charge in [0.25, 0.3) is 6.47 Å². The number of carboxylic acid groups (broad SMARTS) is 1. The first kappa shape index (κ1) is 23.9. The minimum Gasteiger partial charge on any atom is -0.495 e. The van der Waals surface area contributed by atoms with E-state index >= 15 is 0 Å². The van der Waals surface area contributed by atoms with Crippen molar-refractivity contribution in [1.82, 2.24) is 4.90 Å². The Balaban J connectivity index is 0.00000107. The van der Waals surface area contributed by atoms with Crippen molar-refractivity contribution in [3.05, 3.63) is 47.5 Å². The molecule has 31 heavy (non-hydrogen) atoms. The number of hydrogen-bond donors (Lipinski definition) is 2. The topological polar surface area (TPSA) is 97.3 Å². The van der Waals surface area contributed by atoms with Crippen molar-refractivity contribution in [2.24, 2.45) is 5.92 Å². The van der Waals surface area contributed by atoms with E-state index in [0.29, 0.717) is 17.4 Å². The van der Waals surface area contributed by atoms with E-state index < -0.39 is 0 Å². The summed E-state index contributed by atoms with van der Waals surface area (Å²) in [5.41, 5.74) is 2.96. The van der Waals surface area contributed by atoms with Crippen molar-refractivity contribution in [3.63, 3.8) is 0 Å². The Morgan fingerprint density at radius 2 is 1.74 bits per heavy atom. The average Bonchev–Trinajstić information content (AvgIpc) is 3.23. The Labute approximate surface area is 182 Å². The van der Waals surface area contributed by atoms with Crippen molar-refractivity contribution >= 4 is 18.2 Å². The van der Waals surface area contributed by atoms with Crippen molar-refractivity contribution in [1.29, 1.82) is 0 Å². The summed E-state index contributed by atoms with van der Waals surface area (Å²) in [5.74, 6) is 2.55. The minimum atomic E-state index is -0.250. The Hall–Kier alpha value is -3.42. The van der Waals surface area contributed by atoms with Crippen LogP contribution < -0.4 is 19.5 Å². The maximum atomic E-state index is 12.7. The molecule has 1 aliphatic heterocycles. The number of carbonyl (C=O) groups excluding carboxylic acids is 1. The lowest BCUT2D eigenvalue weighted by Crippen LogP contribution is -2.33. The number of rotatable bonds is 6. The molecule has 0 bridgehead atoms. The third-order valence-electron chi connectivity index (χ3n) is 5.14. The average molecular weight is 431 g/mol. The van der Waals surface area contributed by atoms with Gasteiger partial charge < -0.3 is 29.5 Å². The monoisotopic (exact) mass is 430 g/mol. The Morgan fingerprint density at radius 1 is 1.10 bits per heavy atom. The van der Waals surface area contributed by atoms with Crippen LogP contribution in [0.1, 0.15) is 17.5 Å². The van der Waals surface area contributed by atoms with Crippen molar-refractivity contribution in [2.75, 3.05) is 39.7 Å². The lowest BCUT2D eigenvalue weighted by atomic mass is 9.98. The highest BCUT2D eigenvalue weighted by Crippen LogP contribution is 2.30. The van der Waals surface area contributed by atoms with E-state index in [0.717, 1.165) is 43.0 Å². The van der Waals surface area contributed by atoms with Gasteiger partial charge >= 0.3 is 6.03 Å². The summed E-state index contributed by atoms with van der Waals surface area (Å²) < 4.78 is 16.0. The van der Waals surface area contributed by atoms with E-state index in [1.807, 2.05) is 42.2 Å². The van der Waals surface area contributed by atoms with Gasteiger partial charge in [0.15, 0.2) is 11.5 Å². The second kappa shape index (κ2) is 11.7. The predicted octanol–water partition coefficient (Wildman–Crippen LogP) is 3.82. The van der Waals surface area contributed by atoms with Crippen LogP contribution in [0, 0.1) is 12.8 Å². The summed E-state index contributed by atoms with van der Waals surface area (Å²) in [5, 5.41) is 9.88. The molecule has 0 aromatic heterocycles. The van der Waals surface area contributed by atoms with Gasteiger partial charge in [-0.3, -0.25) is 4.79 Å². The van der Waals surface area contributed by atoms with Gasteiger partial charge in [-0.05, 0) is 61.1 Å². The standard InChI is InChI=1S/C22H28N2O4.CH2O2/c1-15-5-7-19(26-2)18(11-15)23-22(25)24-10-9-17(14-24)12-16-6-8-20(27-3)21(13-16)28-4;2-1-3/h5-8,11,13,17H,9-10,12,14H2,1-4H3,(H,23,25);1H,(H,2,3). The molecule has 1 atom stereocenters. The molecule has 0 spiro atoms. The van der Waals surface area contributed by atoms with Gasteiger partial charge in [0, 0.05) is 13.1 Å². The highest BCUT2D eigenvalue weighted by atomic mass is 16.5. The van der Waals surface area contributed by atoms with Crippen LogP contribution >= 0.6 is 0 Å². The molecule has 0 saturated carbocycles. The van der Waals surface area contributed by atoms with E-state index in [-0.39, 0.29) is 12.5 Å². The molecular formula is C23H30N2O6. The van der Waals surface area contributed by atoms with E-state index in [1.165, 1.54) is 5.56 Å². The fourth-order valence-electron chi connectivity index (χ4n) is 3.64. The molecule has 8 nitrogen and oxygen atoms in total. The maximum absolute atomic E-state index is 12.7. The van der Waals surface area contributed by atoms with Crippen LogP contribution in [0.2, 0.25) is 0 Å². The van der Waals surface area contributed by atoms with Gasteiger partial charge in [0.1, 0.15) is 5.75 Å². The van der Waals surface area contributed by atoms with Crippen LogP contribution in [0.3, 0.4) is 0 Å². The Bertz CT molecular complexity index is 886. The largest absolute Gasteiger partial charge is 0.495 e. The summed E-state index contributed by atoms with van der Waals surface area (Å²) in [6, 6.07) is 11.7. The van der Waals surface area contributed by atoms with Crippen molar-refractivity contribution in [2.45, 2.75) is 19.8 Å². The summed E-state index contributed by atoms with van der Waals surface area (Å²) in [6.45, 7) is 3.22. The smallest absolute Gasteiger partial charge is 0.321 e. The van der Waals surface area contributed by atoms with Crippen LogP contribution in [0.25, 0.3) is 0 Å². The Morgan fingerprint density at radius 3 is 2.39 bits per heavy atom. The predicted molar refractivity (Wildman–Crippen MR) is 118 cm³/mol. The second-order valence-corrected chi connectivity index (χ2v) is 7.23. The lowest BCUT2D eigenvalue weighted by molar-refractivity contribution is -0.122. The van der Waals surface area contributed by atoms with E-state index in [9.17, 15) is 4.79 Å². The lowest BCUT2D eigenvalue weighted by Gasteiger charge is -2.19. The van der Waals surface area contributed by atoms with Gasteiger partial charge in [0.2, 0.25) is 0 Å². The van der Waals surface area contributed by atoms with Gasteiger partial charge in [-0.25, -0.2) is 4.79 Å². The van der Waals surface area contributed by atoms with Crippen molar-refractivity contribution in [3.8, 4) is 17.2 Å². The van der Waals surface area contributed by atoms with E-state index in [4.69, 9.17) is 24.1 Å². The summed E-state index contributed by atoms with van der Waals surface area (Å²) in [4.78, 5) is 22.9. The number of nitrogens with one attached hydrogen (secondary N) is 1.